The number of ether oxygens (including phenoxy) is 2. The Kier molecular flexibility index (Phi) is 8.09. The molecule has 0 fully saturated rings. The van der Waals surface area contributed by atoms with Crippen LogP contribution in [-0.4, -0.2) is 42.7 Å². The molecular weight excluding hydrogens is 479 g/mol. The molecule has 0 aliphatic carbocycles. The highest BCUT2D eigenvalue weighted by molar-refractivity contribution is 14.0. The predicted molar refractivity (Wildman–Crippen MR) is 120 cm³/mol. The maximum atomic E-state index is 6.37. The maximum absolute atomic E-state index is 6.37. The van der Waals surface area contributed by atoms with Crippen molar-refractivity contribution in [3.63, 3.8) is 0 Å². The van der Waals surface area contributed by atoms with Crippen LogP contribution in [0.3, 0.4) is 0 Å². The summed E-state index contributed by atoms with van der Waals surface area (Å²) in [6.07, 6.45) is 2.90. The number of fused-ring (bicyclic) bond motifs is 1. The van der Waals surface area contributed by atoms with Crippen LogP contribution in [0.5, 0.6) is 11.5 Å². The van der Waals surface area contributed by atoms with Crippen molar-refractivity contribution in [1.82, 2.24) is 14.8 Å². The van der Waals surface area contributed by atoms with Gasteiger partial charge in [0.25, 0.3) is 0 Å². The quantitative estimate of drug-likeness (QED) is 0.392. The van der Waals surface area contributed by atoms with Gasteiger partial charge >= 0.3 is 0 Å². The average molecular weight is 505 g/mol. The third kappa shape index (κ3) is 5.44. The van der Waals surface area contributed by atoms with Gasteiger partial charge in [-0.15, -0.1) is 24.0 Å². The molecule has 0 saturated carbocycles. The summed E-state index contributed by atoms with van der Waals surface area (Å²) in [4.78, 5) is 6.45. The molecule has 0 atom stereocenters. The number of benzene rings is 1. The number of nitrogens with zero attached hydrogens (tertiary/aromatic N) is 3. The fourth-order valence-electron chi connectivity index (χ4n) is 2.93. The van der Waals surface area contributed by atoms with Crippen LogP contribution >= 0.6 is 35.6 Å². The Labute approximate surface area is 182 Å². The topological polar surface area (TPSA) is 51.0 Å². The summed E-state index contributed by atoms with van der Waals surface area (Å²) >= 11 is 6.37. The first kappa shape index (κ1) is 21.7. The van der Waals surface area contributed by atoms with Crippen molar-refractivity contribution in [2.75, 3.05) is 27.3 Å². The third-order valence-corrected chi connectivity index (χ3v) is 4.62. The number of hydrogen-bond donors (Lipinski definition) is 1. The van der Waals surface area contributed by atoms with E-state index in [1.54, 1.807) is 7.05 Å². The van der Waals surface area contributed by atoms with Gasteiger partial charge in [-0.1, -0.05) is 11.6 Å². The van der Waals surface area contributed by atoms with Crippen LogP contribution in [0.1, 0.15) is 17.7 Å². The Balaban J connectivity index is 0.00000261. The van der Waals surface area contributed by atoms with Crippen LogP contribution in [-0.2, 0) is 20.1 Å². The highest BCUT2D eigenvalue weighted by Gasteiger charge is 2.16. The normalized spacial score (nSPS) is 13.6. The summed E-state index contributed by atoms with van der Waals surface area (Å²) in [5.74, 6) is 2.16. The van der Waals surface area contributed by atoms with Crippen molar-refractivity contribution in [3.8, 4) is 11.5 Å². The number of guanidine groups is 1. The summed E-state index contributed by atoms with van der Waals surface area (Å²) in [6, 6.07) is 8.03. The molecule has 0 amide bonds. The van der Waals surface area contributed by atoms with Crippen LogP contribution in [0.25, 0.3) is 0 Å². The number of aliphatic imine (C=N–C) groups is 1. The molecule has 2 aromatic rings. The Bertz CT molecular complexity index is 794. The van der Waals surface area contributed by atoms with Gasteiger partial charge in [0.2, 0.25) is 0 Å². The van der Waals surface area contributed by atoms with Gasteiger partial charge in [0.05, 0.1) is 24.8 Å². The molecule has 1 aromatic carbocycles. The zero-order valence-corrected chi connectivity index (χ0v) is 19.0. The maximum Gasteiger partial charge on any atom is 0.194 e. The van der Waals surface area contributed by atoms with E-state index in [9.17, 15) is 0 Å². The SMILES string of the molecule is CN=C(NCc1cc(Cl)c2c(c1)OCCCO2)N(C)Cc1cccn1C.I. The van der Waals surface area contributed by atoms with E-state index in [-0.39, 0.29) is 24.0 Å². The molecule has 8 heteroatoms. The number of hydrogen-bond acceptors (Lipinski definition) is 3. The second-order valence-electron chi connectivity index (χ2n) is 6.32. The van der Waals surface area contributed by atoms with Gasteiger partial charge < -0.3 is 24.3 Å². The van der Waals surface area contributed by atoms with E-state index in [2.05, 4.69) is 25.8 Å². The summed E-state index contributed by atoms with van der Waals surface area (Å²) in [5, 5.41) is 3.96. The molecule has 0 spiro atoms. The Morgan fingerprint density at radius 3 is 2.81 bits per heavy atom. The van der Waals surface area contributed by atoms with E-state index < -0.39 is 0 Å². The summed E-state index contributed by atoms with van der Waals surface area (Å²) in [7, 11) is 5.84. The van der Waals surface area contributed by atoms with Gasteiger partial charge in [0, 0.05) is 46.0 Å². The fourth-order valence-corrected chi connectivity index (χ4v) is 3.22. The largest absolute Gasteiger partial charge is 0.489 e. The second kappa shape index (κ2) is 10.1. The molecule has 3 rings (SSSR count). The van der Waals surface area contributed by atoms with Gasteiger partial charge in [0.15, 0.2) is 17.5 Å². The van der Waals surface area contributed by atoms with Crippen molar-refractivity contribution in [2.24, 2.45) is 12.0 Å². The lowest BCUT2D eigenvalue weighted by atomic mass is 10.2. The van der Waals surface area contributed by atoms with E-state index in [1.807, 2.05) is 38.5 Å². The fraction of sp³-hybridized carbons (Fsp3) is 0.421. The zero-order chi connectivity index (χ0) is 18.5. The average Bonchev–Trinajstić information content (AvgIpc) is 2.87. The monoisotopic (exact) mass is 504 g/mol. The molecule has 1 aliphatic heterocycles. The predicted octanol–water partition coefficient (Wildman–Crippen LogP) is 3.67. The van der Waals surface area contributed by atoms with Crippen LogP contribution in [0.4, 0.5) is 0 Å². The minimum atomic E-state index is 0. The van der Waals surface area contributed by atoms with E-state index >= 15 is 0 Å². The minimum Gasteiger partial charge on any atom is -0.489 e. The first-order valence-corrected chi connectivity index (χ1v) is 9.06. The summed E-state index contributed by atoms with van der Waals surface area (Å²) in [5.41, 5.74) is 2.24. The number of aromatic nitrogens is 1. The Morgan fingerprint density at radius 1 is 1.33 bits per heavy atom. The van der Waals surface area contributed by atoms with Crippen molar-refractivity contribution < 1.29 is 9.47 Å². The third-order valence-electron chi connectivity index (χ3n) is 4.34. The van der Waals surface area contributed by atoms with Gasteiger partial charge in [-0.3, -0.25) is 4.99 Å². The number of aryl methyl sites for hydroxylation is 1. The van der Waals surface area contributed by atoms with Crippen LogP contribution in [0.2, 0.25) is 5.02 Å². The van der Waals surface area contributed by atoms with Gasteiger partial charge in [-0.25, -0.2) is 0 Å². The molecule has 148 valence electrons. The molecule has 1 aliphatic rings. The first-order chi connectivity index (χ1) is 12.6. The zero-order valence-electron chi connectivity index (χ0n) is 15.9. The van der Waals surface area contributed by atoms with Crippen LogP contribution < -0.4 is 14.8 Å². The minimum absolute atomic E-state index is 0. The molecular formula is C19H26ClIN4O2. The van der Waals surface area contributed by atoms with Crippen molar-refractivity contribution >= 4 is 41.5 Å². The molecule has 2 heterocycles. The lowest BCUT2D eigenvalue weighted by Gasteiger charge is -2.22. The number of halogens is 2. The summed E-state index contributed by atoms with van der Waals surface area (Å²) < 4.78 is 13.5. The van der Waals surface area contributed by atoms with E-state index in [0.717, 1.165) is 24.5 Å². The number of rotatable bonds is 4. The van der Waals surface area contributed by atoms with E-state index in [4.69, 9.17) is 21.1 Å². The first-order valence-electron chi connectivity index (χ1n) is 8.68. The highest BCUT2D eigenvalue weighted by atomic mass is 127. The summed E-state index contributed by atoms with van der Waals surface area (Å²) in [6.45, 7) is 2.63. The van der Waals surface area contributed by atoms with Crippen molar-refractivity contribution in [1.29, 1.82) is 0 Å². The molecule has 0 bridgehead atoms. The molecule has 0 unspecified atom stereocenters. The van der Waals surface area contributed by atoms with Crippen molar-refractivity contribution in [2.45, 2.75) is 19.5 Å². The van der Waals surface area contributed by atoms with Gasteiger partial charge in [0.1, 0.15) is 0 Å². The molecule has 0 saturated heterocycles. The lowest BCUT2D eigenvalue weighted by Crippen LogP contribution is -2.38. The van der Waals surface area contributed by atoms with E-state index in [1.165, 1.54) is 5.69 Å². The lowest BCUT2D eigenvalue weighted by molar-refractivity contribution is 0.297. The van der Waals surface area contributed by atoms with Gasteiger partial charge in [-0.05, 0) is 29.8 Å². The number of nitrogens with one attached hydrogen (secondary N) is 1. The van der Waals surface area contributed by atoms with Gasteiger partial charge in [-0.2, -0.15) is 0 Å². The Hall–Kier alpha value is -1.61. The second-order valence-corrected chi connectivity index (χ2v) is 6.73. The molecule has 1 N–H and O–H groups in total. The van der Waals surface area contributed by atoms with E-state index in [0.29, 0.717) is 36.3 Å². The smallest absolute Gasteiger partial charge is 0.194 e. The van der Waals surface area contributed by atoms with Crippen LogP contribution in [0.15, 0.2) is 35.5 Å². The van der Waals surface area contributed by atoms with Crippen LogP contribution in [0, 0.1) is 0 Å². The Morgan fingerprint density at radius 2 is 2.11 bits per heavy atom. The molecule has 27 heavy (non-hydrogen) atoms. The standard InChI is InChI=1S/C19H25ClN4O2.HI/c1-21-19(24(3)13-15-6-4-7-23(15)2)22-12-14-10-16(20)18-17(11-14)25-8-5-9-26-18;/h4,6-7,10-11H,5,8-9,12-13H2,1-3H3,(H,21,22);1H. The highest BCUT2D eigenvalue weighted by Crippen LogP contribution is 2.37. The van der Waals surface area contributed by atoms with Crippen molar-refractivity contribution in [3.05, 3.63) is 46.7 Å². The molecule has 1 aromatic heterocycles. The molecule has 0 radical (unpaired) electrons. The molecule has 6 nitrogen and oxygen atoms in total.